The molecular formula is C14H25NO2. The van der Waals surface area contributed by atoms with Gasteiger partial charge in [0.15, 0.2) is 0 Å². The maximum Gasteiger partial charge on any atom is 0.307 e. The van der Waals surface area contributed by atoms with Gasteiger partial charge in [0, 0.05) is 12.6 Å². The smallest absolute Gasteiger partial charge is 0.307 e. The van der Waals surface area contributed by atoms with Gasteiger partial charge in [-0.2, -0.15) is 0 Å². The van der Waals surface area contributed by atoms with Crippen molar-refractivity contribution in [2.45, 2.75) is 57.9 Å². The average Bonchev–Trinajstić information content (AvgIpc) is 3.14. The van der Waals surface area contributed by atoms with Crippen molar-refractivity contribution < 1.29 is 9.53 Å². The van der Waals surface area contributed by atoms with Crippen molar-refractivity contribution in [3.63, 3.8) is 0 Å². The Labute approximate surface area is 104 Å². The molecule has 0 aromatic rings. The van der Waals surface area contributed by atoms with Crippen LogP contribution >= 0.6 is 0 Å². The van der Waals surface area contributed by atoms with Crippen molar-refractivity contribution in [1.29, 1.82) is 0 Å². The lowest BCUT2D eigenvalue weighted by atomic mass is 9.83. The number of carbonyl (C=O) groups excluding carboxylic acids is 1. The second-order valence-corrected chi connectivity index (χ2v) is 5.47. The zero-order valence-electron chi connectivity index (χ0n) is 10.9. The van der Waals surface area contributed by atoms with Crippen LogP contribution in [0.3, 0.4) is 0 Å². The predicted octanol–water partition coefficient (Wildman–Crippen LogP) is 2.50. The summed E-state index contributed by atoms with van der Waals surface area (Å²) in [5.74, 6) is 1.92. The molecule has 2 saturated carbocycles. The Kier molecular flexibility index (Phi) is 4.84. The zero-order valence-corrected chi connectivity index (χ0v) is 10.9. The highest BCUT2D eigenvalue weighted by Crippen LogP contribution is 2.43. The highest BCUT2D eigenvalue weighted by molar-refractivity contribution is 5.69. The Balaban J connectivity index is 1.60. The van der Waals surface area contributed by atoms with Crippen LogP contribution in [0.2, 0.25) is 0 Å². The Morgan fingerprint density at radius 3 is 2.76 bits per heavy atom. The van der Waals surface area contributed by atoms with Crippen molar-refractivity contribution in [1.82, 2.24) is 5.32 Å². The Morgan fingerprint density at radius 1 is 1.24 bits per heavy atom. The van der Waals surface area contributed by atoms with Gasteiger partial charge in [-0.25, -0.2) is 0 Å². The lowest BCUT2D eigenvalue weighted by Crippen LogP contribution is -2.36. The summed E-state index contributed by atoms with van der Waals surface area (Å²) in [6.07, 6.45) is 8.83. The fourth-order valence-electron chi connectivity index (χ4n) is 3.02. The molecule has 2 rings (SSSR count). The molecule has 0 bridgehead atoms. The van der Waals surface area contributed by atoms with E-state index in [0.717, 1.165) is 18.4 Å². The largest absolute Gasteiger partial charge is 0.466 e. The lowest BCUT2D eigenvalue weighted by Gasteiger charge is -2.29. The summed E-state index contributed by atoms with van der Waals surface area (Å²) >= 11 is 0. The summed E-state index contributed by atoms with van der Waals surface area (Å²) in [6, 6.07) is 0.642. The number of nitrogens with one attached hydrogen (secondary N) is 1. The van der Waals surface area contributed by atoms with Gasteiger partial charge in [-0.1, -0.05) is 12.8 Å². The van der Waals surface area contributed by atoms with Gasteiger partial charge in [-0.3, -0.25) is 4.79 Å². The van der Waals surface area contributed by atoms with E-state index in [9.17, 15) is 4.79 Å². The first-order valence-electron chi connectivity index (χ1n) is 7.18. The SMILES string of the molecule is CCOC(=O)CCNC1CCCC(C2CC2)C1. The minimum absolute atomic E-state index is 0.0745. The molecule has 2 fully saturated rings. The fraction of sp³-hybridized carbons (Fsp3) is 0.929. The second kappa shape index (κ2) is 6.39. The summed E-state index contributed by atoms with van der Waals surface area (Å²) in [5.41, 5.74) is 0. The molecule has 0 spiro atoms. The number of ether oxygens (including phenoxy) is 1. The first kappa shape index (κ1) is 12.9. The zero-order chi connectivity index (χ0) is 12.1. The lowest BCUT2D eigenvalue weighted by molar-refractivity contribution is -0.143. The Hall–Kier alpha value is -0.570. The highest BCUT2D eigenvalue weighted by atomic mass is 16.5. The molecule has 0 aliphatic heterocycles. The van der Waals surface area contributed by atoms with Crippen LogP contribution in [0, 0.1) is 11.8 Å². The van der Waals surface area contributed by atoms with Gasteiger partial charge in [0.25, 0.3) is 0 Å². The average molecular weight is 239 g/mol. The quantitative estimate of drug-likeness (QED) is 0.724. The fourth-order valence-corrected chi connectivity index (χ4v) is 3.02. The summed E-state index contributed by atoms with van der Waals surface area (Å²) in [7, 11) is 0. The third-order valence-electron chi connectivity index (χ3n) is 4.07. The molecular weight excluding hydrogens is 214 g/mol. The normalized spacial score (nSPS) is 29.0. The summed E-state index contributed by atoms with van der Waals surface area (Å²) in [5, 5.41) is 3.52. The Morgan fingerprint density at radius 2 is 2.06 bits per heavy atom. The molecule has 3 nitrogen and oxygen atoms in total. The number of esters is 1. The second-order valence-electron chi connectivity index (χ2n) is 5.47. The van der Waals surface area contributed by atoms with E-state index in [1.165, 1.54) is 38.5 Å². The molecule has 1 N–H and O–H groups in total. The summed E-state index contributed by atoms with van der Waals surface area (Å²) in [4.78, 5) is 11.2. The van der Waals surface area contributed by atoms with Crippen LogP contribution in [0.1, 0.15) is 51.9 Å². The van der Waals surface area contributed by atoms with Gasteiger partial charge in [0.05, 0.1) is 13.0 Å². The van der Waals surface area contributed by atoms with Gasteiger partial charge >= 0.3 is 5.97 Å². The van der Waals surface area contributed by atoms with Crippen molar-refractivity contribution in [2.24, 2.45) is 11.8 Å². The van der Waals surface area contributed by atoms with Gasteiger partial charge in [0.1, 0.15) is 0 Å². The topological polar surface area (TPSA) is 38.3 Å². The van der Waals surface area contributed by atoms with Gasteiger partial charge in [0.2, 0.25) is 0 Å². The number of rotatable bonds is 6. The van der Waals surface area contributed by atoms with E-state index in [0.29, 0.717) is 19.1 Å². The number of carbonyl (C=O) groups is 1. The highest BCUT2D eigenvalue weighted by Gasteiger charge is 2.34. The molecule has 2 aliphatic rings. The maximum absolute atomic E-state index is 11.2. The summed E-state index contributed by atoms with van der Waals surface area (Å²) < 4.78 is 4.92. The molecule has 2 aliphatic carbocycles. The number of hydrogen-bond donors (Lipinski definition) is 1. The van der Waals surface area contributed by atoms with Crippen molar-refractivity contribution in [3.05, 3.63) is 0 Å². The molecule has 0 radical (unpaired) electrons. The van der Waals surface area contributed by atoms with E-state index >= 15 is 0 Å². The molecule has 0 amide bonds. The standard InChI is InChI=1S/C14H25NO2/c1-2-17-14(16)8-9-15-13-5-3-4-12(10-13)11-6-7-11/h11-13,15H,2-10H2,1H3. The van der Waals surface area contributed by atoms with Gasteiger partial charge < -0.3 is 10.1 Å². The van der Waals surface area contributed by atoms with Crippen molar-refractivity contribution in [2.75, 3.05) is 13.2 Å². The van der Waals surface area contributed by atoms with E-state index in [1.807, 2.05) is 6.92 Å². The van der Waals surface area contributed by atoms with Crippen LogP contribution < -0.4 is 5.32 Å². The molecule has 2 atom stereocenters. The third kappa shape index (κ3) is 4.30. The molecule has 0 heterocycles. The van der Waals surface area contributed by atoms with E-state index in [1.54, 1.807) is 0 Å². The van der Waals surface area contributed by atoms with E-state index < -0.39 is 0 Å². The van der Waals surface area contributed by atoms with Crippen LogP contribution in [-0.4, -0.2) is 25.2 Å². The van der Waals surface area contributed by atoms with Crippen LogP contribution in [-0.2, 0) is 9.53 Å². The number of hydrogen-bond acceptors (Lipinski definition) is 3. The Bertz CT molecular complexity index is 251. The van der Waals surface area contributed by atoms with Crippen molar-refractivity contribution >= 4 is 5.97 Å². The molecule has 3 heteroatoms. The van der Waals surface area contributed by atoms with Gasteiger partial charge in [-0.15, -0.1) is 0 Å². The molecule has 0 aromatic carbocycles. The van der Waals surface area contributed by atoms with E-state index in [-0.39, 0.29) is 5.97 Å². The minimum atomic E-state index is -0.0745. The van der Waals surface area contributed by atoms with Crippen molar-refractivity contribution in [3.8, 4) is 0 Å². The molecule has 17 heavy (non-hydrogen) atoms. The predicted molar refractivity (Wildman–Crippen MR) is 67.7 cm³/mol. The first-order chi connectivity index (χ1) is 8.29. The first-order valence-corrected chi connectivity index (χ1v) is 7.18. The van der Waals surface area contributed by atoms with E-state index in [4.69, 9.17) is 4.74 Å². The van der Waals surface area contributed by atoms with Crippen LogP contribution in [0.25, 0.3) is 0 Å². The van der Waals surface area contributed by atoms with Gasteiger partial charge in [-0.05, 0) is 44.4 Å². The molecule has 2 unspecified atom stereocenters. The van der Waals surface area contributed by atoms with E-state index in [2.05, 4.69) is 5.32 Å². The molecule has 0 aromatic heterocycles. The maximum atomic E-state index is 11.2. The third-order valence-corrected chi connectivity index (χ3v) is 4.07. The monoisotopic (exact) mass is 239 g/mol. The molecule has 0 saturated heterocycles. The van der Waals surface area contributed by atoms with Crippen LogP contribution in [0.15, 0.2) is 0 Å². The molecule has 98 valence electrons. The summed E-state index contributed by atoms with van der Waals surface area (Å²) in [6.45, 7) is 3.12. The van der Waals surface area contributed by atoms with Crippen LogP contribution in [0.4, 0.5) is 0 Å². The van der Waals surface area contributed by atoms with Crippen LogP contribution in [0.5, 0.6) is 0 Å². The minimum Gasteiger partial charge on any atom is -0.466 e.